The summed E-state index contributed by atoms with van der Waals surface area (Å²) in [4.78, 5) is 12.1. The number of hydrogen-bond acceptors (Lipinski definition) is 6. The summed E-state index contributed by atoms with van der Waals surface area (Å²) in [5.74, 6) is -0.348. The van der Waals surface area contributed by atoms with Gasteiger partial charge in [0.25, 0.3) is 0 Å². The Balaban J connectivity index is 2.11. The van der Waals surface area contributed by atoms with Crippen LogP contribution in [-0.4, -0.2) is 28.6 Å². The fraction of sp³-hybridized carbons (Fsp3) is 0.136. The van der Waals surface area contributed by atoms with Gasteiger partial charge in [-0.1, -0.05) is 48.5 Å². The van der Waals surface area contributed by atoms with Crippen LogP contribution in [0.25, 0.3) is 0 Å². The molecule has 0 spiro atoms. The first kappa shape index (κ1) is 20.4. The van der Waals surface area contributed by atoms with Crippen molar-refractivity contribution >= 4 is 15.8 Å². The summed E-state index contributed by atoms with van der Waals surface area (Å²) in [6.07, 6.45) is 0. The Kier molecular flexibility index (Phi) is 6.19. The van der Waals surface area contributed by atoms with Crippen LogP contribution in [0.1, 0.15) is 15.9 Å². The van der Waals surface area contributed by atoms with Gasteiger partial charge in [0.05, 0.1) is 29.6 Å². The first-order valence-corrected chi connectivity index (χ1v) is 10.2. The van der Waals surface area contributed by atoms with E-state index in [1.807, 2.05) is 30.3 Å². The van der Waals surface area contributed by atoms with Crippen molar-refractivity contribution in [2.24, 2.45) is 0 Å². The van der Waals surface area contributed by atoms with Crippen molar-refractivity contribution in [3.63, 3.8) is 0 Å². The SMILES string of the molecule is COC(=O)c1cc(OC)c(OCc2ccccc2)cc1S(=O)(=O)c1ccccc1. The zero-order chi connectivity index (χ0) is 20.9. The molecule has 150 valence electrons. The summed E-state index contributed by atoms with van der Waals surface area (Å²) in [5.41, 5.74) is 0.777. The van der Waals surface area contributed by atoms with Crippen LogP contribution in [0, 0.1) is 0 Å². The molecule has 0 bridgehead atoms. The van der Waals surface area contributed by atoms with Gasteiger partial charge >= 0.3 is 5.97 Å². The fourth-order valence-electron chi connectivity index (χ4n) is 2.77. The van der Waals surface area contributed by atoms with Crippen molar-refractivity contribution in [3.05, 3.63) is 83.9 Å². The normalized spacial score (nSPS) is 11.0. The minimum Gasteiger partial charge on any atom is -0.493 e. The predicted molar refractivity (Wildman–Crippen MR) is 107 cm³/mol. The predicted octanol–water partition coefficient (Wildman–Crippen LogP) is 3.89. The number of sulfone groups is 1. The molecule has 3 aromatic rings. The van der Waals surface area contributed by atoms with Crippen LogP contribution in [-0.2, 0) is 21.2 Å². The van der Waals surface area contributed by atoms with Crippen molar-refractivity contribution in [2.75, 3.05) is 14.2 Å². The second kappa shape index (κ2) is 8.79. The number of hydrogen-bond donors (Lipinski definition) is 0. The van der Waals surface area contributed by atoms with E-state index in [1.165, 1.54) is 38.5 Å². The van der Waals surface area contributed by atoms with E-state index in [4.69, 9.17) is 14.2 Å². The van der Waals surface area contributed by atoms with E-state index in [1.54, 1.807) is 18.2 Å². The molecule has 0 aliphatic heterocycles. The van der Waals surface area contributed by atoms with Crippen molar-refractivity contribution in [2.45, 2.75) is 16.4 Å². The van der Waals surface area contributed by atoms with Crippen LogP contribution in [0.4, 0.5) is 0 Å². The maximum absolute atomic E-state index is 13.2. The summed E-state index contributed by atoms with van der Waals surface area (Å²) >= 11 is 0. The third kappa shape index (κ3) is 4.41. The molecule has 6 nitrogen and oxygen atoms in total. The van der Waals surface area contributed by atoms with Crippen LogP contribution < -0.4 is 9.47 Å². The molecule has 0 N–H and O–H groups in total. The molecule has 0 aliphatic rings. The van der Waals surface area contributed by atoms with Gasteiger partial charge in [-0.25, -0.2) is 13.2 Å². The molecule has 0 heterocycles. The molecule has 3 rings (SSSR count). The Hall–Kier alpha value is -3.32. The number of methoxy groups -OCH3 is 2. The molecule has 0 saturated heterocycles. The van der Waals surface area contributed by atoms with E-state index >= 15 is 0 Å². The smallest absolute Gasteiger partial charge is 0.339 e. The minimum absolute atomic E-state index is 0.0596. The molecule has 0 aliphatic carbocycles. The highest BCUT2D eigenvalue weighted by molar-refractivity contribution is 7.91. The largest absolute Gasteiger partial charge is 0.493 e. The molecule has 0 unspecified atom stereocenters. The van der Waals surface area contributed by atoms with Crippen molar-refractivity contribution < 1.29 is 27.4 Å². The molecule has 3 aromatic carbocycles. The number of benzene rings is 3. The Bertz CT molecular complexity index is 1090. The zero-order valence-corrected chi connectivity index (χ0v) is 16.8. The molecule has 0 saturated carbocycles. The number of esters is 1. The van der Waals surface area contributed by atoms with Gasteiger partial charge in [0.15, 0.2) is 11.5 Å². The van der Waals surface area contributed by atoms with Gasteiger partial charge in [-0.15, -0.1) is 0 Å². The monoisotopic (exact) mass is 412 g/mol. The van der Waals surface area contributed by atoms with Gasteiger partial charge in [-0.05, 0) is 23.8 Å². The van der Waals surface area contributed by atoms with Gasteiger partial charge in [-0.2, -0.15) is 0 Å². The first-order valence-electron chi connectivity index (χ1n) is 8.74. The molecular weight excluding hydrogens is 392 g/mol. The Morgan fingerprint density at radius 3 is 2.07 bits per heavy atom. The molecule has 0 amide bonds. The van der Waals surface area contributed by atoms with Crippen LogP contribution in [0.15, 0.2) is 82.6 Å². The Morgan fingerprint density at radius 2 is 1.48 bits per heavy atom. The summed E-state index contributed by atoms with van der Waals surface area (Å²) in [6, 6.07) is 19.9. The Labute approximate surface area is 169 Å². The van der Waals surface area contributed by atoms with Crippen LogP contribution in [0.5, 0.6) is 11.5 Å². The third-order valence-electron chi connectivity index (χ3n) is 4.25. The van der Waals surface area contributed by atoms with Gasteiger partial charge in [0, 0.05) is 6.07 Å². The second-order valence-electron chi connectivity index (χ2n) is 6.08. The molecule has 0 fully saturated rings. The summed E-state index contributed by atoms with van der Waals surface area (Å²) < 4.78 is 42.3. The maximum Gasteiger partial charge on any atom is 0.339 e. The van der Waals surface area contributed by atoms with Gasteiger partial charge in [-0.3, -0.25) is 0 Å². The first-order chi connectivity index (χ1) is 14.0. The highest BCUT2D eigenvalue weighted by Gasteiger charge is 2.28. The van der Waals surface area contributed by atoms with E-state index in [2.05, 4.69) is 0 Å². The van der Waals surface area contributed by atoms with Crippen molar-refractivity contribution in [3.8, 4) is 11.5 Å². The quantitative estimate of drug-likeness (QED) is 0.548. The highest BCUT2D eigenvalue weighted by Crippen LogP contribution is 2.36. The number of rotatable bonds is 7. The standard InChI is InChI=1S/C22H20O6S/c1-26-19-13-18(22(23)27-2)21(29(24,25)17-11-7-4-8-12-17)14-20(19)28-15-16-9-5-3-6-10-16/h3-14H,15H2,1-2H3. The molecule has 0 atom stereocenters. The van der Waals surface area contributed by atoms with Crippen LogP contribution >= 0.6 is 0 Å². The summed E-state index contributed by atoms with van der Waals surface area (Å²) in [5, 5.41) is 0. The van der Waals surface area contributed by atoms with Gasteiger partial charge in [0.1, 0.15) is 6.61 Å². The molecule has 7 heteroatoms. The lowest BCUT2D eigenvalue weighted by Crippen LogP contribution is -2.12. The van der Waals surface area contributed by atoms with E-state index in [0.29, 0.717) is 0 Å². The molecular formula is C22H20O6S. The number of carbonyl (C=O) groups is 1. The van der Waals surface area contributed by atoms with E-state index in [9.17, 15) is 13.2 Å². The minimum atomic E-state index is -3.99. The summed E-state index contributed by atoms with van der Waals surface area (Å²) in [7, 11) is -1.39. The van der Waals surface area contributed by atoms with Crippen LogP contribution in [0.3, 0.4) is 0 Å². The van der Waals surface area contributed by atoms with Gasteiger partial charge in [0.2, 0.25) is 9.84 Å². The lowest BCUT2D eigenvalue weighted by atomic mass is 10.2. The lowest BCUT2D eigenvalue weighted by Gasteiger charge is -2.16. The molecule has 0 aromatic heterocycles. The van der Waals surface area contributed by atoms with E-state index < -0.39 is 15.8 Å². The number of ether oxygens (including phenoxy) is 3. The highest BCUT2D eigenvalue weighted by atomic mass is 32.2. The second-order valence-corrected chi connectivity index (χ2v) is 8.00. The lowest BCUT2D eigenvalue weighted by molar-refractivity contribution is 0.0595. The molecule has 29 heavy (non-hydrogen) atoms. The molecule has 0 radical (unpaired) electrons. The summed E-state index contributed by atoms with van der Waals surface area (Å²) in [6.45, 7) is 0.208. The van der Waals surface area contributed by atoms with E-state index in [-0.39, 0.29) is 33.5 Å². The maximum atomic E-state index is 13.2. The van der Waals surface area contributed by atoms with Crippen LogP contribution in [0.2, 0.25) is 0 Å². The zero-order valence-electron chi connectivity index (χ0n) is 16.0. The number of carbonyl (C=O) groups excluding carboxylic acids is 1. The van der Waals surface area contributed by atoms with Crippen molar-refractivity contribution in [1.29, 1.82) is 0 Å². The van der Waals surface area contributed by atoms with Gasteiger partial charge < -0.3 is 14.2 Å². The Morgan fingerprint density at radius 1 is 0.862 bits per heavy atom. The fourth-order valence-corrected chi connectivity index (χ4v) is 4.23. The average Bonchev–Trinajstić information content (AvgIpc) is 2.77. The van der Waals surface area contributed by atoms with E-state index in [0.717, 1.165) is 5.56 Å². The average molecular weight is 412 g/mol. The third-order valence-corrected chi connectivity index (χ3v) is 6.06. The topological polar surface area (TPSA) is 78.9 Å². The van der Waals surface area contributed by atoms with Crippen molar-refractivity contribution in [1.82, 2.24) is 0 Å².